The molecule has 8 heteroatoms. The van der Waals surface area contributed by atoms with Crippen LogP contribution in [0.15, 0.2) is 48.5 Å². The molecule has 0 spiro atoms. The highest BCUT2D eigenvalue weighted by molar-refractivity contribution is 5.85. The van der Waals surface area contributed by atoms with Crippen LogP contribution in [-0.2, 0) is 17.6 Å². The second-order valence-corrected chi connectivity index (χ2v) is 9.20. The number of alkyl halides is 3. The van der Waals surface area contributed by atoms with E-state index in [0.717, 1.165) is 30.9 Å². The van der Waals surface area contributed by atoms with Crippen LogP contribution in [0.4, 0.5) is 13.2 Å². The highest BCUT2D eigenvalue weighted by atomic mass is 19.4. The molecule has 4 rings (SSSR count). The summed E-state index contributed by atoms with van der Waals surface area (Å²) in [4.78, 5) is 15.2. The van der Waals surface area contributed by atoms with Gasteiger partial charge in [0, 0.05) is 26.2 Å². The van der Waals surface area contributed by atoms with Crippen molar-refractivity contribution in [1.29, 1.82) is 0 Å². The molecule has 0 aromatic heterocycles. The second-order valence-electron chi connectivity index (χ2n) is 9.20. The predicted molar refractivity (Wildman–Crippen MR) is 122 cm³/mol. The zero-order valence-electron chi connectivity index (χ0n) is 19.1. The van der Waals surface area contributed by atoms with Gasteiger partial charge in [0.15, 0.2) is 0 Å². The van der Waals surface area contributed by atoms with E-state index in [9.17, 15) is 23.1 Å². The fourth-order valence-corrected chi connectivity index (χ4v) is 5.01. The van der Waals surface area contributed by atoms with Crippen molar-refractivity contribution in [3.63, 3.8) is 0 Å². The summed E-state index contributed by atoms with van der Waals surface area (Å²) < 4.78 is 47.7. The largest absolute Gasteiger partial charge is 0.488 e. The molecule has 1 aliphatic heterocycles. The summed E-state index contributed by atoms with van der Waals surface area (Å²) in [6.45, 7) is 2.18. The second kappa shape index (κ2) is 10.4. The minimum Gasteiger partial charge on any atom is -0.488 e. The maximum absolute atomic E-state index is 14.1. The maximum Gasteiger partial charge on any atom is 0.419 e. The molecule has 2 aromatic carbocycles. The van der Waals surface area contributed by atoms with E-state index < -0.39 is 23.3 Å². The van der Waals surface area contributed by atoms with Crippen molar-refractivity contribution >= 4 is 5.91 Å². The van der Waals surface area contributed by atoms with E-state index in [2.05, 4.69) is 5.32 Å². The highest BCUT2D eigenvalue weighted by Gasteiger charge is 2.46. The number of aliphatic hydroxyl groups is 1. The number of piperazine rings is 1. The molecular weight excluding hydrogens is 445 g/mol. The molecule has 1 saturated heterocycles. The first-order valence-electron chi connectivity index (χ1n) is 11.9. The normalized spacial score (nSPS) is 19.5. The summed E-state index contributed by atoms with van der Waals surface area (Å²) in [6.07, 6.45) is -1.46. The van der Waals surface area contributed by atoms with Gasteiger partial charge in [0.2, 0.25) is 5.91 Å². The molecule has 1 heterocycles. The minimum absolute atomic E-state index is 0.00363. The first-order valence-corrected chi connectivity index (χ1v) is 11.9. The average molecular weight is 477 g/mol. The molecule has 2 fully saturated rings. The van der Waals surface area contributed by atoms with Crippen LogP contribution in [0.2, 0.25) is 0 Å². The fraction of sp³-hybridized carbons (Fsp3) is 0.500. The van der Waals surface area contributed by atoms with Crippen molar-refractivity contribution in [2.45, 2.75) is 56.4 Å². The van der Waals surface area contributed by atoms with E-state index in [-0.39, 0.29) is 23.8 Å². The van der Waals surface area contributed by atoms with Crippen LogP contribution in [0.1, 0.15) is 54.7 Å². The van der Waals surface area contributed by atoms with Crippen LogP contribution in [0.25, 0.3) is 0 Å². The lowest BCUT2D eigenvalue weighted by Crippen LogP contribution is -2.53. The Morgan fingerprint density at radius 1 is 1.06 bits per heavy atom. The molecule has 0 bridgehead atoms. The van der Waals surface area contributed by atoms with Gasteiger partial charge in [0.25, 0.3) is 0 Å². The molecule has 1 unspecified atom stereocenters. The number of halogens is 3. The van der Waals surface area contributed by atoms with Crippen molar-refractivity contribution in [1.82, 2.24) is 10.2 Å². The Hall–Kier alpha value is -2.58. The zero-order chi connectivity index (χ0) is 24.2. The Morgan fingerprint density at radius 3 is 2.38 bits per heavy atom. The predicted octanol–water partition coefficient (Wildman–Crippen LogP) is 4.50. The third-order valence-electron chi connectivity index (χ3n) is 6.81. The van der Waals surface area contributed by atoms with Gasteiger partial charge in [0.1, 0.15) is 12.4 Å². The van der Waals surface area contributed by atoms with E-state index in [0.29, 0.717) is 39.0 Å². The number of benzene rings is 2. The number of nitrogens with one attached hydrogen (secondary N) is 1. The Morgan fingerprint density at radius 2 is 1.74 bits per heavy atom. The third kappa shape index (κ3) is 5.55. The van der Waals surface area contributed by atoms with E-state index in [1.165, 1.54) is 12.1 Å². The molecule has 2 aromatic rings. The Kier molecular flexibility index (Phi) is 7.48. The Labute approximate surface area is 197 Å². The number of carbonyl (C=O) groups excluding carboxylic acids is 1. The molecule has 184 valence electrons. The summed E-state index contributed by atoms with van der Waals surface area (Å²) in [7, 11) is 0. The molecule has 1 saturated carbocycles. The van der Waals surface area contributed by atoms with Gasteiger partial charge in [-0.3, -0.25) is 4.79 Å². The van der Waals surface area contributed by atoms with Gasteiger partial charge in [-0.2, -0.15) is 13.2 Å². The summed E-state index contributed by atoms with van der Waals surface area (Å²) in [5, 5.41) is 14.7. The molecule has 5 nitrogen and oxygen atoms in total. The first kappa shape index (κ1) is 24.5. The molecule has 1 amide bonds. The van der Waals surface area contributed by atoms with Crippen molar-refractivity contribution in [3.05, 3.63) is 65.2 Å². The molecule has 0 radical (unpaired) electrons. The molecule has 1 aliphatic carbocycles. The van der Waals surface area contributed by atoms with E-state index in [4.69, 9.17) is 4.74 Å². The van der Waals surface area contributed by atoms with Gasteiger partial charge in [-0.1, -0.05) is 55.7 Å². The van der Waals surface area contributed by atoms with Crippen molar-refractivity contribution in [3.8, 4) is 5.75 Å². The van der Waals surface area contributed by atoms with Gasteiger partial charge in [-0.25, -0.2) is 0 Å². The van der Waals surface area contributed by atoms with Gasteiger partial charge in [-0.05, 0) is 36.1 Å². The first-order chi connectivity index (χ1) is 16.3. The summed E-state index contributed by atoms with van der Waals surface area (Å²) in [6, 6.07) is 12.8. The van der Waals surface area contributed by atoms with Gasteiger partial charge in [0.05, 0.1) is 17.1 Å². The van der Waals surface area contributed by atoms with Crippen LogP contribution >= 0.6 is 0 Å². The number of amides is 1. The summed E-state index contributed by atoms with van der Waals surface area (Å²) in [5.74, 6) is -1.64. The minimum atomic E-state index is -4.67. The number of ether oxygens (including phenoxy) is 1. The lowest BCUT2D eigenvalue weighted by atomic mass is 9.72. The number of nitrogens with zero attached hydrogens (tertiary/aromatic N) is 1. The summed E-state index contributed by atoms with van der Waals surface area (Å²) >= 11 is 0. The smallest absolute Gasteiger partial charge is 0.419 e. The Balaban J connectivity index is 1.69. The Bertz CT molecular complexity index is 969. The lowest BCUT2D eigenvalue weighted by Gasteiger charge is -2.41. The van der Waals surface area contributed by atoms with Gasteiger partial charge in [-0.15, -0.1) is 0 Å². The van der Waals surface area contributed by atoms with Crippen LogP contribution in [0, 0.1) is 0 Å². The van der Waals surface area contributed by atoms with Crippen LogP contribution < -0.4 is 10.1 Å². The summed E-state index contributed by atoms with van der Waals surface area (Å²) in [5.41, 5.74) is -1.36. The number of rotatable bonds is 6. The van der Waals surface area contributed by atoms with E-state index in [1.807, 2.05) is 6.07 Å². The van der Waals surface area contributed by atoms with Gasteiger partial charge < -0.3 is 20.1 Å². The number of hydrogen-bond donors (Lipinski definition) is 2. The molecular formula is C26H31F3N2O3. The molecule has 2 aliphatic rings. The maximum atomic E-state index is 14.1. The number of carbonyl (C=O) groups is 1. The standard InChI is InChI=1S/C26H31F3N2O3/c27-26(28,29)21-17-20(9-10-22(21)34-18-19-7-3-1-4-8-19)23(25(33)11-5-2-6-12-25)24(32)31-15-13-30-14-16-31/h1,3-4,7-10,17,23,30,33H,2,5-6,11-16,18H2. The highest BCUT2D eigenvalue weighted by Crippen LogP contribution is 2.44. The fourth-order valence-electron chi connectivity index (χ4n) is 5.01. The topological polar surface area (TPSA) is 61.8 Å². The quantitative estimate of drug-likeness (QED) is 0.645. The zero-order valence-corrected chi connectivity index (χ0v) is 19.1. The SMILES string of the molecule is O=C(C(c1ccc(OCc2ccccc2)c(C(F)(F)F)c1)C1(O)CCCCC1)N1CCNCC1. The lowest BCUT2D eigenvalue weighted by molar-refractivity contribution is -0.143. The average Bonchev–Trinajstić information content (AvgIpc) is 2.84. The van der Waals surface area contributed by atoms with Crippen molar-refractivity contribution in [2.24, 2.45) is 0 Å². The van der Waals surface area contributed by atoms with Crippen LogP contribution in [0.3, 0.4) is 0 Å². The molecule has 34 heavy (non-hydrogen) atoms. The van der Waals surface area contributed by atoms with Crippen molar-refractivity contribution in [2.75, 3.05) is 26.2 Å². The van der Waals surface area contributed by atoms with Gasteiger partial charge >= 0.3 is 6.18 Å². The third-order valence-corrected chi connectivity index (χ3v) is 6.81. The molecule has 2 N–H and O–H groups in total. The van der Waals surface area contributed by atoms with E-state index in [1.54, 1.807) is 29.2 Å². The van der Waals surface area contributed by atoms with Crippen LogP contribution in [-0.4, -0.2) is 47.7 Å². The monoisotopic (exact) mass is 476 g/mol. The van der Waals surface area contributed by atoms with Crippen molar-refractivity contribution < 1.29 is 27.8 Å². The van der Waals surface area contributed by atoms with E-state index >= 15 is 0 Å². The van der Waals surface area contributed by atoms with Crippen LogP contribution in [0.5, 0.6) is 5.75 Å². The number of hydrogen-bond acceptors (Lipinski definition) is 4. The molecule has 1 atom stereocenters.